The second-order valence-electron chi connectivity index (χ2n) is 5.01. The molecule has 1 fully saturated rings. The van der Waals surface area contributed by atoms with Crippen molar-refractivity contribution in [3.63, 3.8) is 0 Å². The molecule has 0 aromatic carbocycles. The highest BCUT2D eigenvalue weighted by Gasteiger charge is 2.18. The smallest absolute Gasteiger partial charge is 0.320 e. The maximum atomic E-state index is 11.6. The van der Waals surface area contributed by atoms with E-state index in [-0.39, 0.29) is 12.1 Å². The summed E-state index contributed by atoms with van der Waals surface area (Å²) in [4.78, 5) is 13.7. The predicted molar refractivity (Wildman–Crippen MR) is 69.0 cm³/mol. The van der Waals surface area contributed by atoms with Crippen molar-refractivity contribution in [1.29, 1.82) is 0 Å². The van der Waals surface area contributed by atoms with Crippen molar-refractivity contribution in [3.05, 3.63) is 0 Å². The van der Waals surface area contributed by atoms with Crippen molar-refractivity contribution >= 4 is 5.97 Å². The van der Waals surface area contributed by atoms with Gasteiger partial charge >= 0.3 is 5.97 Å². The van der Waals surface area contributed by atoms with Gasteiger partial charge in [-0.25, -0.2) is 0 Å². The van der Waals surface area contributed by atoms with E-state index in [1.54, 1.807) is 0 Å². The van der Waals surface area contributed by atoms with Crippen LogP contribution in [0.3, 0.4) is 0 Å². The molecule has 0 radical (unpaired) electrons. The fraction of sp³-hybridized carbons (Fsp3) is 0.923. The number of piperidine rings is 1. The third-order valence-electron chi connectivity index (χ3n) is 3.06. The Kier molecular flexibility index (Phi) is 6.52. The highest BCUT2D eigenvalue weighted by atomic mass is 16.5. The summed E-state index contributed by atoms with van der Waals surface area (Å²) < 4.78 is 5.17. The number of nitrogens with one attached hydrogen (secondary N) is 1. The predicted octanol–water partition coefficient (Wildman–Crippen LogP) is 1.40. The SMILES string of the molecule is CCN(CC(=O)OC(C)C)CC1CCCCN1. The summed E-state index contributed by atoms with van der Waals surface area (Å²) in [6, 6.07) is 0.538. The minimum Gasteiger partial charge on any atom is -0.462 e. The van der Waals surface area contributed by atoms with Crippen molar-refractivity contribution in [1.82, 2.24) is 10.2 Å². The summed E-state index contributed by atoms with van der Waals surface area (Å²) >= 11 is 0. The number of rotatable bonds is 6. The van der Waals surface area contributed by atoms with Crippen molar-refractivity contribution in [2.24, 2.45) is 0 Å². The summed E-state index contributed by atoms with van der Waals surface area (Å²) in [5, 5.41) is 3.50. The van der Waals surface area contributed by atoms with Gasteiger partial charge in [-0.05, 0) is 39.8 Å². The van der Waals surface area contributed by atoms with Crippen LogP contribution in [0.4, 0.5) is 0 Å². The first-order valence-electron chi connectivity index (χ1n) is 6.77. The topological polar surface area (TPSA) is 41.6 Å². The Bertz CT molecular complexity index is 225. The number of carbonyl (C=O) groups excluding carboxylic acids is 1. The zero-order valence-electron chi connectivity index (χ0n) is 11.4. The van der Waals surface area contributed by atoms with E-state index in [1.807, 2.05) is 13.8 Å². The number of ether oxygens (including phenoxy) is 1. The molecule has 1 N–H and O–H groups in total. The van der Waals surface area contributed by atoms with E-state index in [4.69, 9.17) is 4.74 Å². The lowest BCUT2D eigenvalue weighted by Crippen LogP contribution is -2.45. The molecule has 100 valence electrons. The lowest BCUT2D eigenvalue weighted by Gasteiger charge is -2.29. The first-order valence-corrected chi connectivity index (χ1v) is 6.77. The van der Waals surface area contributed by atoms with Gasteiger partial charge in [-0.1, -0.05) is 13.3 Å². The van der Waals surface area contributed by atoms with Gasteiger partial charge in [0.25, 0.3) is 0 Å². The first kappa shape index (κ1) is 14.5. The third kappa shape index (κ3) is 6.03. The van der Waals surface area contributed by atoms with Gasteiger partial charge in [0.1, 0.15) is 0 Å². The summed E-state index contributed by atoms with van der Waals surface area (Å²) in [7, 11) is 0. The zero-order chi connectivity index (χ0) is 12.7. The van der Waals surface area contributed by atoms with E-state index in [0.29, 0.717) is 12.6 Å². The van der Waals surface area contributed by atoms with Crippen LogP contribution < -0.4 is 5.32 Å². The highest BCUT2D eigenvalue weighted by molar-refractivity contribution is 5.71. The van der Waals surface area contributed by atoms with Gasteiger partial charge in [0.2, 0.25) is 0 Å². The van der Waals surface area contributed by atoms with Crippen LogP contribution in [0, 0.1) is 0 Å². The van der Waals surface area contributed by atoms with Gasteiger partial charge in [-0.3, -0.25) is 9.69 Å². The molecule has 0 aromatic rings. The minimum atomic E-state index is -0.113. The van der Waals surface area contributed by atoms with E-state index in [9.17, 15) is 4.79 Å². The summed E-state index contributed by atoms with van der Waals surface area (Å²) in [5.74, 6) is -0.113. The molecule has 4 nitrogen and oxygen atoms in total. The van der Waals surface area contributed by atoms with Crippen LogP contribution in [0.1, 0.15) is 40.0 Å². The van der Waals surface area contributed by atoms with Gasteiger partial charge < -0.3 is 10.1 Å². The molecule has 1 aliphatic heterocycles. The van der Waals surface area contributed by atoms with E-state index < -0.39 is 0 Å². The molecule has 0 spiro atoms. The standard InChI is InChI=1S/C13H26N2O2/c1-4-15(10-13(16)17-11(2)3)9-12-7-5-6-8-14-12/h11-12,14H,4-10H2,1-3H3. The van der Waals surface area contributed by atoms with E-state index in [0.717, 1.165) is 19.6 Å². The fourth-order valence-electron chi connectivity index (χ4n) is 2.18. The number of carbonyl (C=O) groups is 1. The molecule has 1 aliphatic rings. The van der Waals surface area contributed by atoms with E-state index >= 15 is 0 Å². The Morgan fingerprint density at radius 2 is 2.24 bits per heavy atom. The number of esters is 1. The second kappa shape index (κ2) is 7.67. The number of nitrogens with zero attached hydrogens (tertiary/aromatic N) is 1. The Morgan fingerprint density at radius 3 is 2.76 bits per heavy atom. The average molecular weight is 242 g/mol. The number of hydrogen-bond donors (Lipinski definition) is 1. The maximum absolute atomic E-state index is 11.6. The van der Waals surface area contributed by atoms with Crippen LogP contribution in [-0.4, -0.2) is 49.2 Å². The minimum absolute atomic E-state index is 0.0194. The second-order valence-corrected chi connectivity index (χ2v) is 5.01. The van der Waals surface area contributed by atoms with Crippen LogP contribution >= 0.6 is 0 Å². The Morgan fingerprint density at radius 1 is 1.47 bits per heavy atom. The van der Waals surface area contributed by atoms with Crippen molar-refractivity contribution in [2.75, 3.05) is 26.2 Å². The lowest BCUT2D eigenvalue weighted by atomic mass is 10.0. The summed E-state index contributed by atoms with van der Waals surface area (Å²) in [5.41, 5.74) is 0. The maximum Gasteiger partial charge on any atom is 0.320 e. The van der Waals surface area contributed by atoms with Crippen molar-refractivity contribution in [2.45, 2.75) is 52.2 Å². The number of hydrogen-bond acceptors (Lipinski definition) is 4. The Hall–Kier alpha value is -0.610. The molecule has 0 amide bonds. The Balaban J connectivity index is 2.29. The zero-order valence-corrected chi connectivity index (χ0v) is 11.4. The van der Waals surface area contributed by atoms with Gasteiger partial charge in [-0.15, -0.1) is 0 Å². The van der Waals surface area contributed by atoms with Crippen LogP contribution in [0.2, 0.25) is 0 Å². The molecule has 0 aliphatic carbocycles. The Labute approximate surface area is 105 Å². The largest absolute Gasteiger partial charge is 0.462 e. The normalized spacial score (nSPS) is 20.9. The highest BCUT2D eigenvalue weighted by Crippen LogP contribution is 2.08. The van der Waals surface area contributed by atoms with Gasteiger partial charge in [0.05, 0.1) is 12.6 Å². The van der Waals surface area contributed by atoms with Gasteiger partial charge in [-0.2, -0.15) is 0 Å². The molecule has 0 bridgehead atoms. The quantitative estimate of drug-likeness (QED) is 0.715. The molecular weight excluding hydrogens is 216 g/mol. The molecule has 1 atom stereocenters. The van der Waals surface area contributed by atoms with Crippen LogP contribution in [-0.2, 0) is 9.53 Å². The number of likely N-dealkylation sites (N-methyl/N-ethyl adjacent to an activating group) is 1. The van der Waals surface area contributed by atoms with Crippen LogP contribution in [0.25, 0.3) is 0 Å². The van der Waals surface area contributed by atoms with E-state index in [1.165, 1.54) is 19.3 Å². The van der Waals surface area contributed by atoms with Gasteiger partial charge in [0, 0.05) is 12.6 Å². The molecule has 1 saturated heterocycles. The molecule has 0 aromatic heterocycles. The fourth-order valence-corrected chi connectivity index (χ4v) is 2.18. The van der Waals surface area contributed by atoms with Gasteiger partial charge in [0.15, 0.2) is 0 Å². The van der Waals surface area contributed by atoms with Crippen LogP contribution in [0.5, 0.6) is 0 Å². The van der Waals surface area contributed by atoms with Crippen LogP contribution in [0.15, 0.2) is 0 Å². The monoisotopic (exact) mass is 242 g/mol. The third-order valence-corrected chi connectivity index (χ3v) is 3.06. The first-order chi connectivity index (χ1) is 8.11. The molecule has 4 heteroatoms. The summed E-state index contributed by atoms with van der Waals surface area (Å²) in [6.45, 7) is 9.22. The molecule has 17 heavy (non-hydrogen) atoms. The average Bonchev–Trinajstić information content (AvgIpc) is 2.28. The molecule has 1 rings (SSSR count). The molecular formula is C13H26N2O2. The summed E-state index contributed by atoms with van der Waals surface area (Å²) in [6.07, 6.45) is 3.77. The molecule has 0 saturated carbocycles. The lowest BCUT2D eigenvalue weighted by molar-refractivity contribution is -0.148. The van der Waals surface area contributed by atoms with Crippen molar-refractivity contribution < 1.29 is 9.53 Å². The molecule has 1 heterocycles. The van der Waals surface area contributed by atoms with Crippen molar-refractivity contribution in [3.8, 4) is 0 Å². The van der Waals surface area contributed by atoms with E-state index in [2.05, 4.69) is 17.1 Å². The molecule has 1 unspecified atom stereocenters.